The molecule has 1 aromatic carbocycles. The minimum atomic E-state index is -0.677. The van der Waals surface area contributed by atoms with Crippen LogP contribution in [-0.4, -0.2) is 17.7 Å². The molecule has 5 rings (SSSR count). The van der Waals surface area contributed by atoms with Crippen molar-refractivity contribution in [3.8, 4) is 0 Å². The average molecular weight is 304 g/mol. The molecule has 2 bridgehead atoms. The van der Waals surface area contributed by atoms with Crippen LogP contribution in [-0.2, 0) is 25.9 Å². The van der Waals surface area contributed by atoms with Crippen LogP contribution in [0.3, 0.4) is 0 Å². The van der Waals surface area contributed by atoms with Crippen molar-refractivity contribution in [1.82, 2.24) is 0 Å². The molecule has 3 unspecified atom stereocenters. The first kappa shape index (κ1) is 14.6. The molecule has 1 saturated carbocycles. The monoisotopic (exact) mass is 304 g/mol. The Labute approximate surface area is 131 Å². The second kappa shape index (κ2) is 5.60. The number of hydrogen-bond donors (Lipinski definition) is 0. The zero-order chi connectivity index (χ0) is 15.0. The number of hydrogen-bond acceptors (Lipinski definition) is 4. The van der Waals surface area contributed by atoms with Crippen molar-refractivity contribution in [1.29, 1.82) is 0 Å². The lowest BCUT2D eigenvalue weighted by Crippen LogP contribution is -2.59. The highest BCUT2D eigenvalue weighted by Crippen LogP contribution is 2.52. The normalized spacial score (nSPS) is 41.0. The Morgan fingerprint density at radius 1 is 1.09 bits per heavy atom. The van der Waals surface area contributed by atoms with Gasteiger partial charge in [-0.25, -0.2) is 9.78 Å². The summed E-state index contributed by atoms with van der Waals surface area (Å²) in [6, 6.07) is 10.2. The number of benzene rings is 1. The first-order chi connectivity index (χ1) is 10.7. The van der Waals surface area contributed by atoms with E-state index in [2.05, 4.69) is 12.1 Å². The van der Waals surface area contributed by atoms with Crippen LogP contribution < -0.4 is 0 Å². The highest BCUT2D eigenvalue weighted by Gasteiger charge is 2.60. The molecular weight excluding hydrogens is 280 g/mol. The van der Waals surface area contributed by atoms with Crippen molar-refractivity contribution in [3.63, 3.8) is 0 Å². The van der Waals surface area contributed by atoms with E-state index in [-0.39, 0.29) is 6.29 Å². The van der Waals surface area contributed by atoms with Crippen molar-refractivity contribution >= 4 is 0 Å². The van der Waals surface area contributed by atoms with Gasteiger partial charge in [-0.05, 0) is 37.7 Å². The van der Waals surface area contributed by atoms with Crippen molar-refractivity contribution in [2.45, 2.75) is 69.7 Å². The fourth-order valence-corrected chi connectivity index (χ4v) is 4.06. The minimum Gasteiger partial charge on any atom is -0.345 e. The molecule has 0 N–H and O–H groups in total. The van der Waals surface area contributed by atoms with E-state index in [4.69, 9.17) is 19.2 Å². The summed E-state index contributed by atoms with van der Waals surface area (Å²) in [6.45, 7) is 2.50. The lowest BCUT2D eigenvalue weighted by molar-refractivity contribution is -0.550. The largest absolute Gasteiger partial charge is 0.345 e. The Morgan fingerprint density at radius 2 is 1.95 bits per heavy atom. The molecule has 1 aliphatic carbocycles. The minimum absolute atomic E-state index is 0.348. The first-order valence-corrected chi connectivity index (χ1v) is 8.40. The van der Waals surface area contributed by atoms with Gasteiger partial charge in [0.15, 0.2) is 11.9 Å². The zero-order valence-corrected chi connectivity index (χ0v) is 13.1. The van der Waals surface area contributed by atoms with Crippen LogP contribution in [0.15, 0.2) is 30.3 Å². The van der Waals surface area contributed by atoms with Gasteiger partial charge < -0.3 is 9.47 Å². The highest BCUT2D eigenvalue weighted by atomic mass is 17.3. The molecule has 4 fully saturated rings. The summed E-state index contributed by atoms with van der Waals surface area (Å²) in [5.74, 6) is -0.212. The molecule has 4 heteroatoms. The van der Waals surface area contributed by atoms with Crippen molar-refractivity contribution in [2.24, 2.45) is 5.92 Å². The molecule has 1 aromatic rings. The third-order valence-corrected chi connectivity index (χ3v) is 5.38. The average Bonchev–Trinajstić information content (AvgIpc) is 2.78. The maximum absolute atomic E-state index is 6.21. The van der Waals surface area contributed by atoms with Crippen LogP contribution in [0.5, 0.6) is 0 Å². The van der Waals surface area contributed by atoms with E-state index in [1.807, 2.05) is 25.1 Å². The van der Waals surface area contributed by atoms with E-state index in [1.54, 1.807) is 0 Å². The first-order valence-electron chi connectivity index (χ1n) is 8.40. The van der Waals surface area contributed by atoms with Crippen LogP contribution in [0.1, 0.15) is 51.0 Å². The molecular formula is C18H24O4. The quantitative estimate of drug-likeness (QED) is 0.792. The van der Waals surface area contributed by atoms with Gasteiger partial charge in [-0.15, -0.1) is 0 Å². The molecule has 3 heterocycles. The number of rotatable bonds is 3. The van der Waals surface area contributed by atoms with Gasteiger partial charge in [0.2, 0.25) is 5.79 Å². The van der Waals surface area contributed by atoms with E-state index >= 15 is 0 Å². The summed E-state index contributed by atoms with van der Waals surface area (Å²) in [5.41, 5.74) is 0.726. The molecule has 3 aliphatic heterocycles. The van der Waals surface area contributed by atoms with E-state index in [0.717, 1.165) is 31.2 Å². The molecule has 4 aliphatic rings. The summed E-state index contributed by atoms with van der Waals surface area (Å²) in [7, 11) is 0. The van der Waals surface area contributed by atoms with Gasteiger partial charge in [-0.3, -0.25) is 0 Å². The molecule has 1 spiro atoms. The topological polar surface area (TPSA) is 36.9 Å². The maximum atomic E-state index is 6.21. The maximum Gasteiger partial charge on any atom is 0.201 e. The van der Waals surface area contributed by atoms with Crippen LogP contribution in [0, 0.1) is 5.92 Å². The molecule has 120 valence electrons. The van der Waals surface area contributed by atoms with Crippen molar-refractivity contribution in [2.75, 3.05) is 0 Å². The van der Waals surface area contributed by atoms with Gasteiger partial charge >= 0.3 is 0 Å². The molecule has 4 atom stereocenters. The Hall–Kier alpha value is -0.940. The fraction of sp³-hybridized carbons (Fsp3) is 0.667. The Bertz CT molecular complexity index is 515. The summed E-state index contributed by atoms with van der Waals surface area (Å²) < 4.78 is 12.4. The van der Waals surface area contributed by atoms with Crippen LogP contribution in [0.4, 0.5) is 0 Å². The molecule has 0 radical (unpaired) electrons. The Morgan fingerprint density at radius 3 is 2.82 bits per heavy atom. The molecule has 0 amide bonds. The second-order valence-electron chi connectivity index (χ2n) is 6.98. The molecule has 0 aromatic heterocycles. The molecule has 4 nitrogen and oxygen atoms in total. The molecule has 22 heavy (non-hydrogen) atoms. The SMILES string of the molecule is CC12CCC3CCCCC3(OO1)[C@@H](OCc1ccccc1)O2. The van der Waals surface area contributed by atoms with Crippen molar-refractivity contribution < 1.29 is 19.2 Å². The van der Waals surface area contributed by atoms with Gasteiger partial charge in [0.25, 0.3) is 0 Å². The lowest BCUT2D eigenvalue weighted by Gasteiger charge is -2.49. The van der Waals surface area contributed by atoms with E-state index in [0.29, 0.717) is 12.5 Å². The van der Waals surface area contributed by atoms with Gasteiger partial charge in [-0.1, -0.05) is 43.2 Å². The zero-order valence-electron chi connectivity index (χ0n) is 13.1. The summed E-state index contributed by atoms with van der Waals surface area (Å²) in [4.78, 5) is 11.6. The van der Waals surface area contributed by atoms with Gasteiger partial charge in [-0.2, -0.15) is 0 Å². The summed E-state index contributed by atoms with van der Waals surface area (Å²) in [5, 5.41) is 0. The predicted molar refractivity (Wildman–Crippen MR) is 80.6 cm³/mol. The second-order valence-corrected chi connectivity index (χ2v) is 6.98. The van der Waals surface area contributed by atoms with Gasteiger partial charge in [0.05, 0.1) is 6.61 Å². The van der Waals surface area contributed by atoms with Gasteiger partial charge in [0.1, 0.15) is 0 Å². The number of ether oxygens (including phenoxy) is 2. The third-order valence-electron chi connectivity index (χ3n) is 5.38. The van der Waals surface area contributed by atoms with Crippen LogP contribution in [0.25, 0.3) is 0 Å². The fourth-order valence-electron chi connectivity index (χ4n) is 4.06. The Balaban J connectivity index is 1.56. The molecule has 3 saturated heterocycles. The van der Waals surface area contributed by atoms with E-state index < -0.39 is 11.4 Å². The standard InChI is InChI=1S/C18H24O4/c1-17-12-10-15-9-5-6-11-18(15,22-21-17)16(20-17)19-13-14-7-3-2-4-8-14/h2-4,7-8,15-16H,5-6,9-13H2,1H3/t15?,16-,17?,18?/m0/s1. The third kappa shape index (κ3) is 2.48. The lowest BCUT2D eigenvalue weighted by atomic mass is 9.73. The van der Waals surface area contributed by atoms with Crippen molar-refractivity contribution in [3.05, 3.63) is 35.9 Å². The van der Waals surface area contributed by atoms with E-state index in [1.165, 1.54) is 12.8 Å². The Kier molecular flexibility index (Phi) is 3.73. The highest BCUT2D eigenvalue weighted by molar-refractivity contribution is 5.13. The van der Waals surface area contributed by atoms with Crippen LogP contribution in [0.2, 0.25) is 0 Å². The van der Waals surface area contributed by atoms with Crippen LogP contribution >= 0.6 is 0 Å². The van der Waals surface area contributed by atoms with E-state index in [9.17, 15) is 0 Å². The number of fused-ring (bicyclic) bond motifs is 3. The summed E-state index contributed by atoms with van der Waals surface area (Å²) >= 11 is 0. The smallest absolute Gasteiger partial charge is 0.201 e. The predicted octanol–water partition coefficient (Wildman–Crippen LogP) is 3.95. The summed E-state index contributed by atoms with van der Waals surface area (Å²) in [6.07, 6.45) is 6.13. The van der Waals surface area contributed by atoms with Gasteiger partial charge in [0, 0.05) is 6.42 Å².